The molecule has 0 bridgehead atoms. The second-order valence-electron chi connectivity index (χ2n) is 9.65. The van der Waals surface area contributed by atoms with E-state index in [0.717, 1.165) is 5.56 Å². The lowest BCUT2D eigenvalue weighted by atomic mass is 9.87. The van der Waals surface area contributed by atoms with Gasteiger partial charge in [-0.05, 0) is 76.5 Å². The van der Waals surface area contributed by atoms with Crippen LogP contribution in [-0.2, 0) is 22.6 Å². The van der Waals surface area contributed by atoms with E-state index in [1.807, 2.05) is 6.07 Å². The number of rotatable bonds is 14. The van der Waals surface area contributed by atoms with E-state index in [-0.39, 0.29) is 45.1 Å². The summed E-state index contributed by atoms with van der Waals surface area (Å²) in [5.41, 5.74) is 1.76. The summed E-state index contributed by atoms with van der Waals surface area (Å²) in [6.07, 6.45) is 0.0126. The number of aliphatic hydroxyl groups excluding tert-OH is 3. The molecule has 1 aliphatic carbocycles. The molecule has 2 aromatic carbocycles. The molecule has 2 aromatic rings. The Morgan fingerprint density at radius 1 is 1.07 bits per heavy atom. The zero-order chi connectivity index (χ0) is 30.8. The van der Waals surface area contributed by atoms with Crippen molar-refractivity contribution in [3.8, 4) is 23.0 Å². The Hall–Kier alpha value is -3.07. The molecule has 2 amide bonds. The Morgan fingerprint density at radius 2 is 1.81 bits per heavy atom. The lowest BCUT2D eigenvalue weighted by Crippen LogP contribution is -2.55. The number of nitrogens with one attached hydrogen (secondary N) is 1. The summed E-state index contributed by atoms with van der Waals surface area (Å²) in [7, 11) is 4.61. The van der Waals surface area contributed by atoms with Gasteiger partial charge in [-0.25, -0.2) is 0 Å². The highest BCUT2D eigenvalue weighted by molar-refractivity contribution is 14.1. The topological polar surface area (TPSA) is 147 Å². The summed E-state index contributed by atoms with van der Waals surface area (Å²) in [5, 5.41) is 33.1. The lowest BCUT2D eigenvalue weighted by Gasteiger charge is -2.40. The molecule has 0 saturated carbocycles. The summed E-state index contributed by atoms with van der Waals surface area (Å²) >= 11 is 2.05. The normalized spacial score (nSPS) is 18.1. The Labute approximate surface area is 259 Å². The zero-order valence-electron chi connectivity index (χ0n) is 24.3. The van der Waals surface area contributed by atoms with Gasteiger partial charge in [0.1, 0.15) is 23.7 Å². The van der Waals surface area contributed by atoms with Gasteiger partial charge in [-0.1, -0.05) is 6.92 Å². The van der Waals surface area contributed by atoms with Crippen LogP contribution in [0.3, 0.4) is 0 Å². The molecule has 42 heavy (non-hydrogen) atoms. The molecule has 0 unspecified atom stereocenters. The molecule has 3 atom stereocenters. The van der Waals surface area contributed by atoms with Crippen molar-refractivity contribution in [2.24, 2.45) is 0 Å². The van der Waals surface area contributed by atoms with E-state index in [9.17, 15) is 24.9 Å². The van der Waals surface area contributed by atoms with Crippen LogP contribution >= 0.6 is 22.6 Å². The van der Waals surface area contributed by atoms with Crippen molar-refractivity contribution in [1.29, 1.82) is 0 Å². The lowest BCUT2D eigenvalue weighted by molar-refractivity contribution is -0.138. The van der Waals surface area contributed by atoms with Gasteiger partial charge >= 0.3 is 0 Å². The van der Waals surface area contributed by atoms with Gasteiger partial charge < -0.3 is 44.5 Å². The summed E-state index contributed by atoms with van der Waals surface area (Å²) < 4.78 is 23.3. The van der Waals surface area contributed by atoms with Crippen molar-refractivity contribution in [1.82, 2.24) is 10.2 Å². The fourth-order valence-corrected chi connectivity index (χ4v) is 5.68. The number of amides is 2. The first kappa shape index (κ1) is 33.4. The third-order valence-corrected chi connectivity index (χ3v) is 7.87. The second-order valence-corrected chi connectivity index (χ2v) is 10.8. The fraction of sp³-hybridized carbons (Fsp3) is 0.467. The minimum Gasteiger partial charge on any atom is -0.497 e. The highest BCUT2D eigenvalue weighted by Gasteiger charge is 2.40. The number of hydrogen-bond donors (Lipinski definition) is 4. The van der Waals surface area contributed by atoms with E-state index >= 15 is 0 Å². The van der Waals surface area contributed by atoms with Crippen LogP contribution in [0, 0.1) is 3.57 Å². The number of nitrogens with zero attached hydrogens (tertiary/aromatic N) is 1. The number of benzene rings is 2. The highest BCUT2D eigenvalue weighted by Crippen LogP contribution is 2.37. The van der Waals surface area contributed by atoms with Gasteiger partial charge in [-0.3, -0.25) is 9.59 Å². The van der Waals surface area contributed by atoms with Crippen LogP contribution in [0.4, 0.5) is 0 Å². The SMILES string of the molecule is CCC(=O)N(CCc1cc(OC)ccc1OC)[C@@H]1CC(C(=O)NCCO)=C[C@H](Oc2c(I)cc(CO)cc2OC)[C@H]1O. The second kappa shape index (κ2) is 16.0. The Balaban J connectivity index is 1.99. The Kier molecular flexibility index (Phi) is 12.7. The number of ether oxygens (including phenoxy) is 4. The quantitative estimate of drug-likeness (QED) is 0.218. The van der Waals surface area contributed by atoms with Crippen LogP contribution in [0.1, 0.15) is 30.9 Å². The van der Waals surface area contributed by atoms with E-state index in [4.69, 9.17) is 18.9 Å². The third-order valence-electron chi connectivity index (χ3n) is 7.07. The van der Waals surface area contributed by atoms with E-state index in [2.05, 4.69) is 27.9 Å². The number of carbonyl (C=O) groups excluding carboxylic acids is 2. The van der Waals surface area contributed by atoms with Gasteiger partial charge in [0.05, 0.1) is 44.2 Å². The summed E-state index contributed by atoms with van der Waals surface area (Å²) in [6.45, 7) is 1.60. The van der Waals surface area contributed by atoms with Crippen LogP contribution in [0.25, 0.3) is 0 Å². The van der Waals surface area contributed by atoms with Gasteiger partial charge in [-0.2, -0.15) is 0 Å². The third kappa shape index (κ3) is 8.06. The van der Waals surface area contributed by atoms with Gasteiger partial charge in [0.15, 0.2) is 11.5 Å². The van der Waals surface area contributed by atoms with Crippen molar-refractivity contribution in [2.75, 3.05) is 41.0 Å². The average Bonchev–Trinajstić information content (AvgIpc) is 3.01. The zero-order valence-corrected chi connectivity index (χ0v) is 26.4. The number of carbonyl (C=O) groups is 2. The molecule has 0 radical (unpaired) electrons. The molecular weight excluding hydrogens is 659 g/mol. The van der Waals surface area contributed by atoms with Crippen LogP contribution in [-0.4, -0.2) is 91.3 Å². The van der Waals surface area contributed by atoms with Crippen LogP contribution in [0.15, 0.2) is 42.0 Å². The monoisotopic (exact) mass is 698 g/mol. The average molecular weight is 699 g/mol. The molecule has 0 aliphatic heterocycles. The van der Waals surface area contributed by atoms with Gasteiger partial charge in [0, 0.05) is 31.5 Å². The van der Waals surface area contributed by atoms with Gasteiger partial charge in [0.2, 0.25) is 11.8 Å². The van der Waals surface area contributed by atoms with Crippen molar-refractivity contribution in [3.63, 3.8) is 0 Å². The van der Waals surface area contributed by atoms with E-state index < -0.39 is 24.2 Å². The predicted octanol–water partition coefficient (Wildman–Crippen LogP) is 2.21. The summed E-state index contributed by atoms with van der Waals surface area (Å²) in [6, 6.07) is 8.00. The number of aliphatic hydroxyl groups is 3. The van der Waals surface area contributed by atoms with E-state index in [1.54, 1.807) is 56.4 Å². The van der Waals surface area contributed by atoms with Crippen LogP contribution in [0.2, 0.25) is 0 Å². The Bertz CT molecular complexity index is 1270. The van der Waals surface area contributed by atoms with Crippen molar-refractivity contribution >= 4 is 34.4 Å². The van der Waals surface area contributed by atoms with Crippen molar-refractivity contribution in [2.45, 2.75) is 51.0 Å². The first-order valence-corrected chi connectivity index (χ1v) is 14.7. The molecule has 1 aliphatic rings. The molecule has 3 rings (SSSR count). The molecule has 0 fully saturated rings. The highest BCUT2D eigenvalue weighted by atomic mass is 127. The molecule has 11 nitrogen and oxygen atoms in total. The summed E-state index contributed by atoms with van der Waals surface area (Å²) in [5.74, 6) is 1.35. The number of hydrogen-bond acceptors (Lipinski definition) is 9. The first-order chi connectivity index (χ1) is 20.2. The van der Waals surface area contributed by atoms with Gasteiger partial charge in [0.25, 0.3) is 0 Å². The first-order valence-electron chi connectivity index (χ1n) is 13.6. The molecule has 0 heterocycles. The standard InChI is InChI=1S/C30H39IN2O9/c1-5-27(36)33(10-8-19-14-21(39-2)6-7-24(19)40-3)23-15-20(30(38)32-9-11-34)16-25(28(23)37)42-29-22(31)12-18(17-35)13-26(29)41-4/h6-7,12-14,16,23,25,28,34-35,37H,5,8-11,15,17H2,1-4H3,(H,32,38)/t23-,25+,28+/m1/s1. The summed E-state index contributed by atoms with van der Waals surface area (Å²) in [4.78, 5) is 28.0. The fourth-order valence-electron chi connectivity index (χ4n) is 4.89. The Morgan fingerprint density at radius 3 is 2.43 bits per heavy atom. The molecule has 0 aromatic heterocycles. The van der Waals surface area contributed by atoms with E-state index in [1.165, 1.54) is 7.11 Å². The minimum atomic E-state index is -1.19. The molecular formula is C30H39IN2O9. The minimum absolute atomic E-state index is 0.0521. The predicted molar refractivity (Wildman–Crippen MR) is 164 cm³/mol. The maximum atomic E-state index is 13.3. The molecule has 0 saturated heterocycles. The van der Waals surface area contributed by atoms with Crippen LogP contribution < -0.4 is 24.3 Å². The molecule has 230 valence electrons. The largest absolute Gasteiger partial charge is 0.497 e. The van der Waals surface area contributed by atoms with Crippen molar-refractivity contribution < 1.29 is 43.9 Å². The van der Waals surface area contributed by atoms with Crippen LogP contribution in [0.5, 0.6) is 23.0 Å². The van der Waals surface area contributed by atoms with E-state index in [0.29, 0.717) is 44.1 Å². The maximum Gasteiger partial charge on any atom is 0.247 e. The molecule has 12 heteroatoms. The number of halogens is 1. The number of methoxy groups -OCH3 is 3. The smallest absolute Gasteiger partial charge is 0.247 e. The van der Waals surface area contributed by atoms with Crippen molar-refractivity contribution in [3.05, 3.63) is 56.7 Å². The maximum absolute atomic E-state index is 13.3. The molecule has 4 N–H and O–H groups in total. The molecule has 0 spiro atoms. The van der Waals surface area contributed by atoms with Gasteiger partial charge in [-0.15, -0.1) is 0 Å².